The molecule has 5 heteroatoms. The fourth-order valence-electron chi connectivity index (χ4n) is 2.14. The van der Waals surface area contributed by atoms with E-state index in [2.05, 4.69) is 16.5 Å². The molecule has 1 aromatic rings. The summed E-state index contributed by atoms with van der Waals surface area (Å²) in [5.74, 6) is 0.169. The predicted octanol–water partition coefficient (Wildman–Crippen LogP) is 1.81. The summed E-state index contributed by atoms with van der Waals surface area (Å²) in [5.41, 5.74) is 0. The lowest BCUT2D eigenvalue weighted by Gasteiger charge is -2.32. The van der Waals surface area contributed by atoms with Crippen molar-refractivity contribution in [1.82, 2.24) is 14.9 Å². The third-order valence-corrected chi connectivity index (χ3v) is 3.11. The van der Waals surface area contributed by atoms with Crippen molar-refractivity contribution in [2.24, 2.45) is 0 Å². The van der Waals surface area contributed by atoms with Gasteiger partial charge in [-0.3, -0.25) is 4.79 Å². The summed E-state index contributed by atoms with van der Waals surface area (Å²) in [6, 6.07) is 2.13. The van der Waals surface area contributed by atoms with E-state index < -0.39 is 0 Å². The maximum Gasteiger partial charge on any atom is 0.316 e. The molecule has 2 rings (SSSR count). The van der Waals surface area contributed by atoms with Gasteiger partial charge in [0.15, 0.2) is 0 Å². The number of carbonyl (C=O) groups excluding carboxylic acids is 1. The number of allylic oxidation sites excluding steroid dienone is 1. The number of hydrogen-bond donors (Lipinski definition) is 0. The Morgan fingerprint density at radius 1 is 1.53 bits per heavy atom. The smallest absolute Gasteiger partial charge is 0.316 e. The Morgan fingerprint density at radius 3 is 3.05 bits per heavy atom. The van der Waals surface area contributed by atoms with Gasteiger partial charge < -0.3 is 9.64 Å². The second kappa shape index (κ2) is 6.87. The Bertz CT molecular complexity index is 422. The van der Waals surface area contributed by atoms with Crippen molar-refractivity contribution in [3.63, 3.8) is 0 Å². The molecule has 0 aromatic carbocycles. The normalized spacial score (nSPS) is 18.9. The van der Waals surface area contributed by atoms with E-state index in [0.29, 0.717) is 19.0 Å². The predicted molar refractivity (Wildman–Crippen MR) is 71.7 cm³/mol. The zero-order valence-corrected chi connectivity index (χ0v) is 11.0. The molecule has 0 spiro atoms. The Labute approximate surface area is 113 Å². The van der Waals surface area contributed by atoms with Crippen LogP contribution in [0, 0.1) is 0 Å². The number of nitrogens with zero attached hydrogens (tertiary/aromatic N) is 3. The van der Waals surface area contributed by atoms with Crippen LogP contribution in [0.15, 0.2) is 31.1 Å². The molecule has 1 amide bonds. The minimum Gasteiger partial charge on any atom is -0.458 e. The van der Waals surface area contributed by atoms with Crippen molar-refractivity contribution < 1.29 is 9.53 Å². The molecule has 0 N–H and O–H groups in total. The van der Waals surface area contributed by atoms with Gasteiger partial charge in [0, 0.05) is 25.4 Å². The highest BCUT2D eigenvalue weighted by Crippen LogP contribution is 2.16. The van der Waals surface area contributed by atoms with Gasteiger partial charge in [-0.15, -0.1) is 6.58 Å². The average molecular weight is 261 g/mol. The third-order valence-electron chi connectivity index (χ3n) is 3.11. The van der Waals surface area contributed by atoms with Gasteiger partial charge >= 0.3 is 6.01 Å². The Morgan fingerprint density at radius 2 is 2.32 bits per heavy atom. The second-order valence-corrected chi connectivity index (χ2v) is 4.58. The summed E-state index contributed by atoms with van der Waals surface area (Å²) < 4.78 is 5.70. The molecule has 0 bridgehead atoms. The molecule has 1 aliphatic rings. The zero-order chi connectivity index (χ0) is 13.5. The Kier molecular flexibility index (Phi) is 4.89. The first-order chi connectivity index (χ1) is 9.29. The van der Waals surface area contributed by atoms with E-state index in [9.17, 15) is 4.79 Å². The number of ether oxygens (including phenoxy) is 1. The molecule has 0 aliphatic carbocycles. The molecule has 1 atom stereocenters. The summed E-state index contributed by atoms with van der Waals surface area (Å²) in [6.07, 6.45) is 8.20. The number of hydrogen-bond acceptors (Lipinski definition) is 4. The molecule has 102 valence electrons. The Hall–Kier alpha value is -1.91. The number of piperidine rings is 1. The van der Waals surface area contributed by atoms with E-state index in [4.69, 9.17) is 4.74 Å². The van der Waals surface area contributed by atoms with Crippen molar-refractivity contribution in [2.45, 2.75) is 31.8 Å². The molecule has 0 unspecified atom stereocenters. The van der Waals surface area contributed by atoms with Crippen LogP contribution in [-0.4, -0.2) is 40.0 Å². The first kappa shape index (κ1) is 13.5. The lowest BCUT2D eigenvalue weighted by Crippen LogP contribution is -2.44. The second-order valence-electron chi connectivity index (χ2n) is 4.58. The van der Waals surface area contributed by atoms with Gasteiger partial charge in [0.2, 0.25) is 5.91 Å². The minimum absolute atomic E-state index is 0.0103. The van der Waals surface area contributed by atoms with Crippen LogP contribution in [-0.2, 0) is 4.79 Å². The van der Waals surface area contributed by atoms with Gasteiger partial charge in [-0.2, -0.15) is 0 Å². The molecule has 1 saturated heterocycles. The highest BCUT2D eigenvalue weighted by molar-refractivity contribution is 5.76. The molecular weight excluding hydrogens is 242 g/mol. The van der Waals surface area contributed by atoms with Gasteiger partial charge in [0.1, 0.15) is 6.10 Å². The maximum atomic E-state index is 11.9. The maximum absolute atomic E-state index is 11.9. The lowest BCUT2D eigenvalue weighted by molar-refractivity contribution is -0.133. The number of carbonyl (C=O) groups is 1. The zero-order valence-electron chi connectivity index (χ0n) is 11.0. The molecule has 2 heterocycles. The monoisotopic (exact) mass is 261 g/mol. The van der Waals surface area contributed by atoms with Gasteiger partial charge in [-0.1, -0.05) is 6.08 Å². The number of rotatable bonds is 5. The topological polar surface area (TPSA) is 55.3 Å². The van der Waals surface area contributed by atoms with E-state index in [0.717, 1.165) is 25.8 Å². The van der Waals surface area contributed by atoms with Crippen LogP contribution in [0.2, 0.25) is 0 Å². The largest absolute Gasteiger partial charge is 0.458 e. The van der Waals surface area contributed by atoms with Crippen LogP contribution in [0.25, 0.3) is 0 Å². The van der Waals surface area contributed by atoms with Crippen LogP contribution in [0.5, 0.6) is 6.01 Å². The van der Waals surface area contributed by atoms with Crippen molar-refractivity contribution in [2.75, 3.05) is 13.1 Å². The fourth-order valence-corrected chi connectivity index (χ4v) is 2.14. The molecule has 19 heavy (non-hydrogen) atoms. The standard InChI is InChI=1S/C14H19N3O2/c1-2-3-7-13(18)17-10-4-6-12(11-17)19-14-15-8-5-9-16-14/h2,5,8-9,12H,1,3-4,6-7,10-11H2/t12-/m1/s1. The van der Waals surface area contributed by atoms with Crippen molar-refractivity contribution in [1.29, 1.82) is 0 Å². The minimum atomic E-state index is -0.0103. The highest BCUT2D eigenvalue weighted by atomic mass is 16.5. The SMILES string of the molecule is C=CCCC(=O)N1CCC[C@@H](Oc2ncccn2)C1. The van der Waals surface area contributed by atoms with E-state index in [-0.39, 0.29) is 12.0 Å². The van der Waals surface area contributed by atoms with Gasteiger partial charge in [0.25, 0.3) is 0 Å². The van der Waals surface area contributed by atoms with E-state index >= 15 is 0 Å². The number of amides is 1. The molecular formula is C14H19N3O2. The van der Waals surface area contributed by atoms with E-state index in [1.54, 1.807) is 24.5 Å². The molecule has 5 nitrogen and oxygen atoms in total. The molecule has 0 radical (unpaired) electrons. The van der Waals surface area contributed by atoms with Crippen LogP contribution in [0.3, 0.4) is 0 Å². The summed E-state index contributed by atoms with van der Waals surface area (Å²) >= 11 is 0. The molecule has 1 aromatic heterocycles. The van der Waals surface area contributed by atoms with Gasteiger partial charge in [-0.25, -0.2) is 9.97 Å². The third kappa shape index (κ3) is 4.05. The summed E-state index contributed by atoms with van der Waals surface area (Å²) in [6.45, 7) is 5.07. The van der Waals surface area contributed by atoms with Crippen molar-refractivity contribution >= 4 is 5.91 Å². The quantitative estimate of drug-likeness (QED) is 0.759. The van der Waals surface area contributed by atoms with Gasteiger partial charge in [0.05, 0.1) is 6.54 Å². The highest BCUT2D eigenvalue weighted by Gasteiger charge is 2.24. The first-order valence-corrected chi connectivity index (χ1v) is 6.62. The van der Waals surface area contributed by atoms with Crippen LogP contribution in [0.1, 0.15) is 25.7 Å². The van der Waals surface area contributed by atoms with Crippen LogP contribution >= 0.6 is 0 Å². The van der Waals surface area contributed by atoms with Crippen LogP contribution in [0.4, 0.5) is 0 Å². The number of likely N-dealkylation sites (tertiary alicyclic amines) is 1. The van der Waals surface area contributed by atoms with Gasteiger partial charge in [-0.05, 0) is 25.3 Å². The first-order valence-electron chi connectivity index (χ1n) is 6.62. The van der Waals surface area contributed by atoms with E-state index in [1.807, 2.05) is 4.90 Å². The molecule has 0 saturated carbocycles. The molecule has 1 aliphatic heterocycles. The molecule has 1 fully saturated rings. The van der Waals surface area contributed by atoms with E-state index in [1.165, 1.54) is 0 Å². The average Bonchev–Trinajstić information content (AvgIpc) is 2.46. The summed E-state index contributed by atoms with van der Waals surface area (Å²) in [5, 5.41) is 0. The lowest BCUT2D eigenvalue weighted by atomic mass is 10.1. The fraction of sp³-hybridized carbons (Fsp3) is 0.500. The Balaban J connectivity index is 1.86. The number of aromatic nitrogens is 2. The summed E-state index contributed by atoms with van der Waals surface area (Å²) in [7, 11) is 0. The van der Waals surface area contributed by atoms with Crippen LogP contribution < -0.4 is 4.74 Å². The summed E-state index contributed by atoms with van der Waals surface area (Å²) in [4.78, 5) is 21.9. The van der Waals surface area contributed by atoms with Crippen molar-refractivity contribution in [3.05, 3.63) is 31.1 Å². The van der Waals surface area contributed by atoms with Crippen molar-refractivity contribution in [3.8, 4) is 6.01 Å².